The van der Waals surface area contributed by atoms with Crippen molar-refractivity contribution in [2.75, 3.05) is 13.7 Å². The van der Waals surface area contributed by atoms with E-state index in [9.17, 15) is 46.2 Å². The number of carbonyl (C=O) groups excluding carboxylic acids is 4. The summed E-state index contributed by atoms with van der Waals surface area (Å²) in [7, 11) is 1.37. The van der Waals surface area contributed by atoms with Crippen LogP contribution in [-0.4, -0.2) is 77.7 Å². The van der Waals surface area contributed by atoms with Crippen LogP contribution in [0.1, 0.15) is 41.5 Å². The molecule has 0 aliphatic heterocycles. The molecule has 0 saturated carbocycles. The van der Waals surface area contributed by atoms with Gasteiger partial charge in [0.15, 0.2) is 0 Å². The van der Waals surface area contributed by atoms with Crippen LogP contribution in [0.5, 0.6) is 5.75 Å². The molecule has 0 spiro atoms. The summed E-state index contributed by atoms with van der Waals surface area (Å²) in [5.41, 5.74) is 0.505. The quantitative estimate of drug-likeness (QED) is 0.144. The third-order valence-electron chi connectivity index (χ3n) is 7.43. The molecule has 0 unspecified atom stereocenters. The molecule has 1 heterocycles. The average molecular weight is 763 g/mol. The van der Waals surface area contributed by atoms with E-state index in [-0.39, 0.29) is 27.7 Å². The Morgan fingerprint density at radius 2 is 1.55 bits per heavy atom. The van der Waals surface area contributed by atoms with Crippen molar-refractivity contribution in [2.24, 2.45) is 5.92 Å². The number of alkyl halides is 5. The summed E-state index contributed by atoms with van der Waals surface area (Å²) in [6, 6.07) is 9.64. The van der Waals surface area contributed by atoms with E-state index in [1.807, 2.05) is 0 Å². The molecule has 4 amide bonds. The summed E-state index contributed by atoms with van der Waals surface area (Å²) in [6.45, 7) is 0.525. The number of nitrogens with one attached hydrogen (secondary N) is 4. The molecule has 4 atom stereocenters. The Kier molecular flexibility index (Phi) is 14.1. The number of amides is 4. The van der Waals surface area contributed by atoms with Crippen LogP contribution in [-0.2, 0) is 20.8 Å². The molecule has 5 N–H and O–H groups in total. The number of aromatic nitrogens is 1. The number of nitrogens with zero attached hydrogens (tertiary/aromatic N) is 1. The number of ether oxygens (including phenoxy) is 1. The maximum Gasteiger partial charge on any atom is 0.405 e. The minimum Gasteiger partial charge on any atom is -0.497 e. The van der Waals surface area contributed by atoms with E-state index in [1.54, 1.807) is 18.2 Å². The predicted molar refractivity (Wildman–Crippen MR) is 176 cm³/mol. The molecule has 11 nitrogen and oxygen atoms in total. The molecule has 2 aromatic carbocycles. The molecule has 0 fully saturated rings. The normalized spacial score (nSPS) is 14.1. The van der Waals surface area contributed by atoms with Crippen LogP contribution < -0.4 is 26.0 Å². The fourth-order valence-electron chi connectivity index (χ4n) is 4.70. The summed E-state index contributed by atoms with van der Waals surface area (Å²) in [4.78, 5) is 56.8. The number of hydrogen-bond acceptors (Lipinski definition) is 7. The van der Waals surface area contributed by atoms with Gasteiger partial charge in [-0.1, -0.05) is 61.3 Å². The Morgan fingerprint density at radius 3 is 2.10 bits per heavy atom. The predicted octanol–water partition coefficient (Wildman–Crippen LogP) is 4.41. The Labute approximate surface area is 299 Å². The van der Waals surface area contributed by atoms with Gasteiger partial charge >= 0.3 is 12.1 Å². The highest BCUT2D eigenvalue weighted by Crippen LogP contribution is 2.27. The van der Waals surface area contributed by atoms with Gasteiger partial charge in [0.25, 0.3) is 11.8 Å². The first-order valence-electron chi connectivity index (χ1n) is 15.2. The van der Waals surface area contributed by atoms with Gasteiger partial charge in [-0.15, -0.1) is 0 Å². The van der Waals surface area contributed by atoms with Crippen LogP contribution in [0.3, 0.4) is 0 Å². The molecule has 1 aromatic heterocycles. The number of halogens is 7. The zero-order valence-electron chi connectivity index (χ0n) is 27.2. The van der Waals surface area contributed by atoms with Gasteiger partial charge in [0.1, 0.15) is 36.2 Å². The van der Waals surface area contributed by atoms with Gasteiger partial charge in [0, 0.05) is 12.6 Å². The highest BCUT2D eigenvalue weighted by molar-refractivity contribution is 6.42. The van der Waals surface area contributed by atoms with Gasteiger partial charge in [-0.2, -0.15) is 22.0 Å². The van der Waals surface area contributed by atoms with Crippen molar-refractivity contribution in [3.8, 4) is 5.75 Å². The van der Waals surface area contributed by atoms with Crippen LogP contribution in [0, 0.1) is 5.92 Å². The van der Waals surface area contributed by atoms with Crippen molar-refractivity contribution in [1.29, 1.82) is 0 Å². The molecule has 0 aliphatic carbocycles. The Morgan fingerprint density at radius 1 is 0.882 bits per heavy atom. The second kappa shape index (κ2) is 17.6. The number of aliphatic hydroxyl groups excluding tert-OH is 1. The molecule has 18 heteroatoms. The number of methoxy groups -OCH3 is 1. The van der Waals surface area contributed by atoms with E-state index in [2.05, 4.69) is 20.9 Å². The summed E-state index contributed by atoms with van der Waals surface area (Å²) < 4.78 is 72.8. The molecule has 276 valence electrons. The lowest BCUT2D eigenvalue weighted by atomic mass is 9.92. The first-order valence-corrected chi connectivity index (χ1v) is 15.9. The van der Waals surface area contributed by atoms with E-state index in [1.165, 1.54) is 69.6 Å². The minimum atomic E-state index is -5.01. The van der Waals surface area contributed by atoms with E-state index in [4.69, 9.17) is 27.9 Å². The zero-order chi connectivity index (χ0) is 38.1. The number of pyridine rings is 1. The van der Waals surface area contributed by atoms with Gasteiger partial charge in [0.05, 0.1) is 23.2 Å². The Balaban J connectivity index is 1.96. The second-order valence-electron chi connectivity index (χ2n) is 11.6. The smallest absolute Gasteiger partial charge is 0.405 e. The maximum absolute atomic E-state index is 15.0. The SMILES string of the molecule is COc1ccc([C@H](NC(=O)[C@H](Cc2ccc(Cl)c(Cl)c2)NC(=O)c2ccccn2)C(=O)N[C@@H](C(C)C)[C@@H](O)C(F)(F)C(=O)NCC(F)(F)F)cc1. The molecule has 0 radical (unpaired) electrons. The highest BCUT2D eigenvalue weighted by Gasteiger charge is 2.52. The Hall–Kier alpha value is -4.54. The van der Waals surface area contributed by atoms with Crippen molar-refractivity contribution in [1.82, 2.24) is 26.3 Å². The number of hydrogen-bond donors (Lipinski definition) is 5. The second-order valence-corrected chi connectivity index (χ2v) is 12.4. The standard InChI is InChI=1S/C33H34Cl2F5N5O6/c1-17(2)25(27(46)33(39,40)31(50)42-16-32(36,37)38)44-30(49)26(19-8-10-20(51-3)11-9-19)45-29(48)24(15-18-7-12-21(34)22(35)14-18)43-28(47)23-6-4-5-13-41-23/h4-14,17,24-27,46H,15-16H2,1-3H3,(H,42,50)(H,43,47)(H,44,49)(H,45,48)/t24-,25-,26-,27+/m0/s1. The molecule has 3 rings (SSSR count). The van der Waals surface area contributed by atoms with Gasteiger partial charge < -0.3 is 31.1 Å². The molecule has 0 bridgehead atoms. The fourth-order valence-corrected chi connectivity index (χ4v) is 5.02. The molecular formula is C33H34Cl2F5N5O6. The number of aliphatic hydroxyl groups is 1. The van der Waals surface area contributed by atoms with Crippen molar-refractivity contribution < 1.29 is 51.0 Å². The topological polar surface area (TPSA) is 159 Å². The lowest BCUT2D eigenvalue weighted by Crippen LogP contribution is -2.61. The van der Waals surface area contributed by atoms with Crippen LogP contribution in [0.25, 0.3) is 0 Å². The molecule has 51 heavy (non-hydrogen) atoms. The first-order chi connectivity index (χ1) is 23.8. The fraction of sp³-hybridized carbons (Fsp3) is 0.364. The summed E-state index contributed by atoms with van der Waals surface area (Å²) >= 11 is 12.2. The third-order valence-corrected chi connectivity index (χ3v) is 8.17. The zero-order valence-corrected chi connectivity index (χ0v) is 28.7. The van der Waals surface area contributed by atoms with E-state index in [0.717, 1.165) is 5.32 Å². The monoisotopic (exact) mass is 761 g/mol. The van der Waals surface area contributed by atoms with Gasteiger partial charge in [-0.05, 0) is 53.4 Å². The molecule has 0 saturated heterocycles. The third kappa shape index (κ3) is 11.5. The van der Waals surface area contributed by atoms with Crippen LogP contribution in [0.4, 0.5) is 22.0 Å². The molecular weight excluding hydrogens is 728 g/mol. The van der Waals surface area contributed by atoms with E-state index < -0.39 is 72.4 Å². The van der Waals surface area contributed by atoms with Gasteiger partial charge in [-0.25, -0.2) is 0 Å². The van der Waals surface area contributed by atoms with Gasteiger partial charge in [0.2, 0.25) is 11.8 Å². The highest BCUT2D eigenvalue weighted by atomic mass is 35.5. The summed E-state index contributed by atoms with van der Waals surface area (Å²) in [6.07, 6.45) is -6.83. The van der Waals surface area contributed by atoms with Crippen molar-refractivity contribution in [2.45, 2.75) is 56.6 Å². The molecule has 0 aliphatic rings. The first kappa shape index (κ1) is 40.9. The maximum atomic E-state index is 15.0. The number of rotatable bonds is 15. The van der Waals surface area contributed by atoms with Gasteiger partial charge in [-0.3, -0.25) is 24.2 Å². The summed E-state index contributed by atoms with van der Waals surface area (Å²) in [5.74, 6) is -10.7. The largest absolute Gasteiger partial charge is 0.497 e. The summed E-state index contributed by atoms with van der Waals surface area (Å²) in [5, 5.41) is 19.2. The Bertz CT molecular complexity index is 1680. The lowest BCUT2D eigenvalue weighted by Gasteiger charge is -2.33. The van der Waals surface area contributed by atoms with Crippen molar-refractivity contribution >= 4 is 46.8 Å². The van der Waals surface area contributed by atoms with E-state index in [0.29, 0.717) is 11.3 Å². The van der Waals surface area contributed by atoms with Crippen LogP contribution >= 0.6 is 23.2 Å². The molecule has 3 aromatic rings. The number of benzene rings is 2. The minimum absolute atomic E-state index is 0.0390. The van der Waals surface area contributed by atoms with Crippen molar-refractivity contribution in [3.05, 3.63) is 93.7 Å². The van der Waals surface area contributed by atoms with Crippen molar-refractivity contribution in [3.63, 3.8) is 0 Å². The van der Waals surface area contributed by atoms with Crippen LogP contribution in [0.2, 0.25) is 10.0 Å². The lowest BCUT2D eigenvalue weighted by molar-refractivity contribution is -0.175. The van der Waals surface area contributed by atoms with Crippen LogP contribution in [0.15, 0.2) is 66.9 Å². The average Bonchev–Trinajstić information content (AvgIpc) is 3.09. The number of carbonyl (C=O) groups is 4. The van der Waals surface area contributed by atoms with E-state index >= 15 is 0 Å².